The van der Waals surface area contributed by atoms with Crippen LogP contribution in [0.25, 0.3) is 5.43 Å². The van der Waals surface area contributed by atoms with Gasteiger partial charge in [-0.2, -0.15) is 0 Å². The van der Waals surface area contributed by atoms with E-state index in [1.807, 2.05) is 36.4 Å². The number of rotatable bonds is 11. The Balaban J connectivity index is 0.00000312. The minimum atomic E-state index is 0. The standard InChI is InChI=1S/C22H29N2.Ba.ClH/c1-2-3-4-5-6-7-8-15-20-24(22-18-13-10-14-19-22)23-21-16-11-9-12-17-21;;/h8-19H,2-7,20H2,1H3;;1H/q-1;+2;/p-1/b15-8+;;. The van der Waals surface area contributed by atoms with Crippen molar-refractivity contribution in [1.29, 1.82) is 0 Å². The summed E-state index contributed by atoms with van der Waals surface area (Å²) in [5.74, 6) is 0. The van der Waals surface area contributed by atoms with E-state index in [0.29, 0.717) is 0 Å². The largest absolute Gasteiger partial charge is 2.00 e. The quantitative estimate of drug-likeness (QED) is 0.202. The zero-order valence-electron chi connectivity index (χ0n) is 15.9. The second-order valence-corrected chi connectivity index (χ2v) is 6.03. The van der Waals surface area contributed by atoms with Gasteiger partial charge in [0.25, 0.3) is 0 Å². The minimum Gasteiger partial charge on any atom is -1.00 e. The van der Waals surface area contributed by atoms with Crippen molar-refractivity contribution in [3.63, 3.8) is 0 Å². The number of benzene rings is 2. The molecule has 0 bridgehead atoms. The van der Waals surface area contributed by atoms with Crippen LogP contribution in [0.3, 0.4) is 0 Å². The SMILES string of the molecule is CCCCCCC/C=C/CN([N-]c1ccccc1)c1ccccc1.[Ba+2].[Cl-]. The molecular weight excluding hydrogens is 465 g/mol. The maximum atomic E-state index is 4.77. The van der Waals surface area contributed by atoms with Crippen LogP contribution in [0.4, 0.5) is 11.4 Å². The van der Waals surface area contributed by atoms with Crippen LogP contribution in [-0.4, -0.2) is 55.4 Å². The van der Waals surface area contributed by atoms with Gasteiger partial charge in [0, 0.05) is 12.2 Å². The number of unbranched alkanes of at least 4 members (excludes halogenated alkanes) is 5. The molecule has 2 nitrogen and oxygen atoms in total. The van der Waals surface area contributed by atoms with Gasteiger partial charge in [0.05, 0.1) is 0 Å². The molecular formula is C22H29BaClN2. The molecule has 0 heterocycles. The van der Waals surface area contributed by atoms with Gasteiger partial charge in [-0.3, -0.25) is 0 Å². The first-order valence-electron chi connectivity index (χ1n) is 9.14. The third-order valence-electron chi connectivity index (χ3n) is 3.97. The number of hydrogen-bond acceptors (Lipinski definition) is 1. The summed E-state index contributed by atoms with van der Waals surface area (Å²) < 4.78 is 0. The zero-order chi connectivity index (χ0) is 16.9. The summed E-state index contributed by atoms with van der Waals surface area (Å²) in [6.45, 7) is 3.06. The maximum Gasteiger partial charge on any atom is 2.00 e. The van der Waals surface area contributed by atoms with Gasteiger partial charge in [0.15, 0.2) is 0 Å². The molecule has 136 valence electrons. The molecule has 0 atom stereocenters. The molecule has 0 saturated carbocycles. The zero-order valence-corrected chi connectivity index (χ0v) is 21.1. The number of nitrogens with zero attached hydrogens (tertiary/aromatic N) is 2. The monoisotopic (exact) mass is 494 g/mol. The van der Waals surface area contributed by atoms with Gasteiger partial charge in [0.1, 0.15) is 0 Å². The van der Waals surface area contributed by atoms with Crippen LogP contribution in [0.2, 0.25) is 0 Å². The summed E-state index contributed by atoms with van der Waals surface area (Å²) in [6, 6.07) is 20.5. The number of anilines is 1. The number of halogens is 1. The second-order valence-electron chi connectivity index (χ2n) is 6.03. The molecule has 0 aliphatic carbocycles. The van der Waals surface area contributed by atoms with Gasteiger partial charge in [-0.05, 0) is 25.0 Å². The number of para-hydroxylation sites is 1. The molecule has 0 unspecified atom stereocenters. The summed E-state index contributed by atoms with van der Waals surface area (Å²) in [7, 11) is 0. The van der Waals surface area contributed by atoms with E-state index in [4.69, 9.17) is 5.43 Å². The number of allylic oxidation sites excluding steroid dienone is 1. The predicted molar refractivity (Wildman–Crippen MR) is 112 cm³/mol. The van der Waals surface area contributed by atoms with Gasteiger partial charge in [0.2, 0.25) is 0 Å². The van der Waals surface area contributed by atoms with E-state index >= 15 is 0 Å². The molecule has 2 aromatic carbocycles. The molecule has 0 aliphatic heterocycles. The van der Waals surface area contributed by atoms with Gasteiger partial charge in [-0.15, -0.1) is 5.69 Å². The fourth-order valence-electron chi connectivity index (χ4n) is 2.60. The van der Waals surface area contributed by atoms with Crippen LogP contribution < -0.4 is 17.4 Å². The Kier molecular flexibility index (Phi) is 16.6. The van der Waals surface area contributed by atoms with Crippen LogP contribution >= 0.6 is 0 Å². The topological polar surface area (TPSA) is 17.3 Å². The smallest absolute Gasteiger partial charge is 1.00 e. The Morgan fingerprint density at radius 1 is 0.808 bits per heavy atom. The minimum absolute atomic E-state index is 0. The summed E-state index contributed by atoms with van der Waals surface area (Å²) in [4.78, 5) is 0. The van der Waals surface area contributed by atoms with Crippen molar-refractivity contribution in [1.82, 2.24) is 0 Å². The van der Waals surface area contributed by atoms with Gasteiger partial charge in [-0.25, -0.2) is 0 Å². The van der Waals surface area contributed by atoms with Crippen LogP contribution in [0.1, 0.15) is 45.4 Å². The average molecular weight is 494 g/mol. The van der Waals surface area contributed by atoms with Crippen LogP contribution in [0.15, 0.2) is 72.8 Å². The van der Waals surface area contributed by atoms with Crippen LogP contribution in [-0.2, 0) is 0 Å². The molecule has 0 amide bonds. The van der Waals surface area contributed by atoms with Crippen molar-refractivity contribution in [3.05, 3.63) is 78.2 Å². The van der Waals surface area contributed by atoms with E-state index in [0.717, 1.165) is 24.3 Å². The van der Waals surface area contributed by atoms with Gasteiger partial charge in [-0.1, -0.05) is 93.3 Å². The van der Waals surface area contributed by atoms with Gasteiger partial charge >= 0.3 is 48.9 Å². The molecule has 4 heteroatoms. The van der Waals surface area contributed by atoms with E-state index in [9.17, 15) is 0 Å². The number of hydrogen-bond donors (Lipinski definition) is 0. The van der Waals surface area contributed by atoms with Crippen molar-refractivity contribution < 1.29 is 12.4 Å². The van der Waals surface area contributed by atoms with Crippen LogP contribution in [0.5, 0.6) is 0 Å². The molecule has 2 rings (SSSR count). The Bertz CT molecular complexity index is 575. The van der Waals surface area contributed by atoms with Crippen molar-refractivity contribution in [2.45, 2.75) is 45.4 Å². The average Bonchev–Trinajstić information content (AvgIpc) is 2.64. The molecule has 26 heavy (non-hydrogen) atoms. The molecule has 0 radical (unpaired) electrons. The molecule has 0 N–H and O–H groups in total. The second kappa shape index (κ2) is 16.8. The van der Waals surface area contributed by atoms with Crippen molar-refractivity contribution >= 4 is 60.3 Å². The third kappa shape index (κ3) is 10.7. The van der Waals surface area contributed by atoms with Crippen molar-refractivity contribution in [2.75, 3.05) is 11.6 Å². The first kappa shape index (κ1) is 25.6. The van der Waals surface area contributed by atoms with Crippen molar-refractivity contribution in [3.8, 4) is 0 Å². The molecule has 0 saturated heterocycles. The van der Waals surface area contributed by atoms with E-state index in [-0.39, 0.29) is 61.3 Å². The van der Waals surface area contributed by atoms with Gasteiger partial charge < -0.3 is 22.8 Å². The van der Waals surface area contributed by atoms with Crippen molar-refractivity contribution in [2.24, 2.45) is 0 Å². The summed E-state index contributed by atoms with van der Waals surface area (Å²) in [6.07, 6.45) is 12.4. The van der Waals surface area contributed by atoms with E-state index in [1.54, 1.807) is 0 Å². The predicted octanol–water partition coefficient (Wildman–Crippen LogP) is 3.65. The van der Waals surface area contributed by atoms with E-state index in [1.165, 1.54) is 32.1 Å². The first-order valence-corrected chi connectivity index (χ1v) is 9.14. The maximum absolute atomic E-state index is 4.77. The van der Waals surface area contributed by atoms with Crippen LogP contribution in [0, 0.1) is 0 Å². The summed E-state index contributed by atoms with van der Waals surface area (Å²) in [5.41, 5.74) is 6.87. The normalized spacial score (nSPS) is 10.0. The molecule has 0 spiro atoms. The molecule has 0 fully saturated rings. The molecule has 0 aliphatic rings. The fourth-order valence-corrected chi connectivity index (χ4v) is 2.60. The molecule has 2 aromatic rings. The molecule has 0 aromatic heterocycles. The first-order chi connectivity index (χ1) is 11.9. The Morgan fingerprint density at radius 2 is 1.42 bits per heavy atom. The summed E-state index contributed by atoms with van der Waals surface area (Å²) >= 11 is 0. The Hall–Kier alpha value is -0.359. The fraction of sp³-hybridized carbons (Fsp3) is 0.364. The van der Waals surface area contributed by atoms with E-state index < -0.39 is 0 Å². The third-order valence-corrected chi connectivity index (χ3v) is 3.97. The van der Waals surface area contributed by atoms with E-state index in [2.05, 4.69) is 48.4 Å². The Labute approximate surface area is 205 Å². The Morgan fingerprint density at radius 3 is 2.08 bits per heavy atom. The summed E-state index contributed by atoms with van der Waals surface area (Å²) in [5, 5.41) is 2.06.